The minimum absolute atomic E-state index is 0.0541. The van der Waals surface area contributed by atoms with Crippen LogP contribution < -0.4 is 14.2 Å². The lowest BCUT2D eigenvalue weighted by Crippen LogP contribution is -1.93. The molecule has 0 aliphatic carbocycles. The number of aromatic amines is 1. The molecule has 1 heterocycles. The fourth-order valence-corrected chi connectivity index (χ4v) is 2.58. The number of hydrogen-bond donors (Lipinski definition) is 2. The third-order valence-corrected chi connectivity index (χ3v) is 3.87. The smallest absolute Gasteiger partial charge is 0.162 e. The lowest BCUT2D eigenvalue weighted by atomic mass is 10.1. The highest BCUT2D eigenvalue weighted by Gasteiger charge is 2.10. The molecule has 1 aromatic heterocycles. The molecule has 3 rings (SSSR count). The second-order valence-corrected chi connectivity index (χ2v) is 5.52. The highest BCUT2D eigenvalue weighted by Crippen LogP contribution is 2.33. The van der Waals surface area contributed by atoms with E-state index in [1.807, 2.05) is 30.4 Å². The zero-order chi connectivity index (χ0) is 18.5. The van der Waals surface area contributed by atoms with Gasteiger partial charge in [-0.2, -0.15) is 5.10 Å². The molecular formula is C20H20N2O4. The van der Waals surface area contributed by atoms with E-state index in [1.165, 1.54) is 0 Å². The zero-order valence-corrected chi connectivity index (χ0v) is 14.7. The average molecular weight is 352 g/mol. The Balaban J connectivity index is 1.93. The van der Waals surface area contributed by atoms with Crippen LogP contribution in [0.15, 0.2) is 43.0 Å². The number of hydrogen-bond acceptors (Lipinski definition) is 5. The van der Waals surface area contributed by atoms with Gasteiger partial charge in [-0.15, -0.1) is 0 Å². The van der Waals surface area contributed by atoms with Crippen molar-refractivity contribution in [2.24, 2.45) is 0 Å². The molecule has 0 radical (unpaired) electrons. The number of phenols is 1. The Morgan fingerprint density at radius 3 is 2.62 bits per heavy atom. The van der Waals surface area contributed by atoms with E-state index in [0.717, 1.165) is 22.2 Å². The monoisotopic (exact) mass is 352 g/mol. The lowest BCUT2D eigenvalue weighted by Gasteiger charge is -2.07. The Morgan fingerprint density at radius 1 is 1.08 bits per heavy atom. The summed E-state index contributed by atoms with van der Waals surface area (Å²) in [6.07, 6.45) is 5.43. The van der Waals surface area contributed by atoms with Crippen molar-refractivity contribution in [3.05, 3.63) is 54.2 Å². The van der Waals surface area contributed by atoms with E-state index in [9.17, 15) is 5.11 Å². The van der Waals surface area contributed by atoms with E-state index in [1.54, 1.807) is 32.4 Å². The van der Waals surface area contributed by atoms with Crippen molar-refractivity contribution in [1.29, 1.82) is 0 Å². The van der Waals surface area contributed by atoms with Gasteiger partial charge in [0.25, 0.3) is 0 Å². The number of rotatable bonds is 7. The predicted molar refractivity (Wildman–Crippen MR) is 102 cm³/mol. The number of H-pyrrole nitrogens is 1. The summed E-state index contributed by atoms with van der Waals surface area (Å²) in [6.45, 7) is 3.92. The van der Waals surface area contributed by atoms with Gasteiger partial charge in [0.15, 0.2) is 23.0 Å². The third kappa shape index (κ3) is 3.49. The van der Waals surface area contributed by atoms with Crippen molar-refractivity contribution in [3.63, 3.8) is 0 Å². The molecule has 0 spiro atoms. The molecule has 0 aliphatic heterocycles. The highest BCUT2D eigenvalue weighted by atomic mass is 16.5. The molecule has 0 unspecified atom stereocenters. The van der Waals surface area contributed by atoms with E-state index in [-0.39, 0.29) is 5.75 Å². The molecule has 26 heavy (non-hydrogen) atoms. The maximum Gasteiger partial charge on any atom is 0.162 e. The molecule has 2 aromatic carbocycles. The number of ether oxygens (including phenoxy) is 3. The van der Waals surface area contributed by atoms with Gasteiger partial charge in [0, 0.05) is 11.5 Å². The Kier molecular flexibility index (Phi) is 5.12. The molecule has 6 nitrogen and oxygen atoms in total. The molecule has 2 N–H and O–H groups in total. The van der Waals surface area contributed by atoms with Crippen molar-refractivity contribution in [1.82, 2.24) is 10.2 Å². The maximum atomic E-state index is 10.0. The van der Waals surface area contributed by atoms with Crippen molar-refractivity contribution < 1.29 is 19.3 Å². The SMILES string of the molecule is C=CCOc1cc2c(C=Cc3ccc(OC)c(OC)c3)n[nH]c2cc1O. The molecule has 0 bridgehead atoms. The summed E-state index contributed by atoms with van der Waals surface area (Å²) in [5, 5.41) is 18.1. The predicted octanol–water partition coefficient (Wildman–Crippen LogP) is 4.02. The first-order valence-electron chi connectivity index (χ1n) is 8.01. The standard InChI is InChI=1S/C20H20N2O4/c1-4-9-26-19-11-14-15(21-22-16(14)12-17(19)23)7-5-13-6-8-18(24-2)20(10-13)25-3/h4-8,10-12,23H,1,9H2,2-3H3,(H,21,22). The van der Waals surface area contributed by atoms with Crippen LogP contribution in [0.25, 0.3) is 23.1 Å². The van der Waals surface area contributed by atoms with Gasteiger partial charge in [-0.05, 0) is 29.8 Å². The third-order valence-electron chi connectivity index (χ3n) is 3.87. The molecular weight excluding hydrogens is 332 g/mol. The summed E-state index contributed by atoms with van der Waals surface area (Å²) in [6, 6.07) is 9.01. The Hall–Kier alpha value is -3.41. The minimum Gasteiger partial charge on any atom is -0.504 e. The normalized spacial score (nSPS) is 11.0. The topological polar surface area (TPSA) is 76.6 Å². The summed E-state index contributed by atoms with van der Waals surface area (Å²) < 4.78 is 16.0. The largest absolute Gasteiger partial charge is 0.504 e. The van der Waals surface area contributed by atoms with Gasteiger partial charge in [0.2, 0.25) is 0 Å². The Bertz CT molecular complexity index is 960. The van der Waals surface area contributed by atoms with Crippen LogP contribution in [0.1, 0.15) is 11.3 Å². The molecule has 134 valence electrons. The van der Waals surface area contributed by atoms with Gasteiger partial charge in [-0.1, -0.05) is 24.8 Å². The second-order valence-electron chi connectivity index (χ2n) is 5.52. The summed E-state index contributed by atoms with van der Waals surface area (Å²) >= 11 is 0. The van der Waals surface area contributed by atoms with E-state index < -0.39 is 0 Å². The Morgan fingerprint density at radius 2 is 1.88 bits per heavy atom. The van der Waals surface area contributed by atoms with Crippen LogP contribution in [0, 0.1) is 0 Å². The number of aromatic hydroxyl groups is 1. The first-order valence-corrected chi connectivity index (χ1v) is 8.01. The molecule has 0 saturated heterocycles. The fraction of sp³-hybridized carbons (Fsp3) is 0.150. The number of phenolic OH excluding ortho intramolecular Hbond substituents is 1. The molecule has 3 aromatic rings. The van der Waals surface area contributed by atoms with Gasteiger partial charge in [-0.3, -0.25) is 5.10 Å². The molecule has 0 atom stereocenters. The van der Waals surface area contributed by atoms with Crippen LogP contribution in [0.4, 0.5) is 0 Å². The zero-order valence-electron chi connectivity index (χ0n) is 14.7. The number of aromatic nitrogens is 2. The van der Waals surface area contributed by atoms with Crippen LogP contribution in [0.5, 0.6) is 23.0 Å². The van der Waals surface area contributed by atoms with E-state index >= 15 is 0 Å². The summed E-state index contributed by atoms with van der Waals surface area (Å²) in [4.78, 5) is 0. The van der Waals surface area contributed by atoms with Gasteiger partial charge < -0.3 is 19.3 Å². The van der Waals surface area contributed by atoms with Gasteiger partial charge in [0.1, 0.15) is 6.61 Å². The minimum atomic E-state index is 0.0541. The number of fused-ring (bicyclic) bond motifs is 1. The molecule has 0 fully saturated rings. The molecule has 0 amide bonds. The quantitative estimate of drug-likeness (QED) is 0.628. The van der Waals surface area contributed by atoms with Crippen molar-refractivity contribution >= 4 is 23.1 Å². The number of benzene rings is 2. The maximum absolute atomic E-state index is 10.0. The number of nitrogens with one attached hydrogen (secondary N) is 1. The summed E-state index contributed by atoms with van der Waals surface area (Å²) in [5.74, 6) is 1.78. The Labute approximate surface area is 151 Å². The number of nitrogens with zero attached hydrogens (tertiary/aromatic N) is 1. The first kappa shape index (κ1) is 17.4. The molecule has 0 saturated carbocycles. The van der Waals surface area contributed by atoms with Crippen LogP contribution >= 0.6 is 0 Å². The van der Waals surface area contributed by atoms with Crippen molar-refractivity contribution in [2.75, 3.05) is 20.8 Å². The fourth-order valence-electron chi connectivity index (χ4n) is 2.58. The van der Waals surface area contributed by atoms with Crippen LogP contribution in [0.3, 0.4) is 0 Å². The number of methoxy groups -OCH3 is 2. The van der Waals surface area contributed by atoms with Gasteiger partial charge >= 0.3 is 0 Å². The average Bonchev–Trinajstić information content (AvgIpc) is 3.05. The van der Waals surface area contributed by atoms with Crippen LogP contribution in [-0.2, 0) is 0 Å². The lowest BCUT2D eigenvalue weighted by molar-refractivity contribution is 0.337. The van der Waals surface area contributed by atoms with E-state index in [0.29, 0.717) is 23.9 Å². The highest BCUT2D eigenvalue weighted by molar-refractivity contribution is 5.91. The molecule has 0 aliphatic rings. The van der Waals surface area contributed by atoms with Crippen LogP contribution in [0.2, 0.25) is 0 Å². The van der Waals surface area contributed by atoms with Gasteiger partial charge in [0.05, 0.1) is 25.4 Å². The van der Waals surface area contributed by atoms with E-state index in [4.69, 9.17) is 14.2 Å². The summed E-state index contributed by atoms with van der Waals surface area (Å²) in [7, 11) is 3.20. The first-order chi connectivity index (χ1) is 12.7. The van der Waals surface area contributed by atoms with Gasteiger partial charge in [-0.25, -0.2) is 0 Å². The molecule has 6 heteroatoms. The van der Waals surface area contributed by atoms with Crippen LogP contribution in [-0.4, -0.2) is 36.1 Å². The van der Waals surface area contributed by atoms with Crippen molar-refractivity contribution in [2.45, 2.75) is 0 Å². The van der Waals surface area contributed by atoms with E-state index in [2.05, 4.69) is 16.8 Å². The van der Waals surface area contributed by atoms with Crippen molar-refractivity contribution in [3.8, 4) is 23.0 Å². The second kappa shape index (κ2) is 7.65. The summed E-state index contributed by atoms with van der Waals surface area (Å²) in [5.41, 5.74) is 2.40.